The minimum absolute atomic E-state index is 0.238. The van der Waals surface area contributed by atoms with E-state index in [0.717, 1.165) is 43.8 Å². The number of benzene rings is 3. The third-order valence-electron chi connectivity index (χ3n) is 7.43. The first-order valence-corrected chi connectivity index (χ1v) is 11.3. The predicted octanol–water partition coefficient (Wildman–Crippen LogP) is 3.25. The second-order valence-corrected chi connectivity index (χ2v) is 9.09. The van der Waals surface area contributed by atoms with Crippen LogP contribution < -0.4 is 5.32 Å². The summed E-state index contributed by atoms with van der Waals surface area (Å²) in [5.41, 5.74) is 4.51. The number of amides is 2. The molecule has 4 atom stereocenters. The van der Waals surface area contributed by atoms with Crippen LogP contribution in [0.4, 0.5) is 0 Å². The average molecular weight is 455 g/mol. The highest BCUT2D eigenvalue weighted by atomic mass is 16.5. The number of para-hydroxylation sites is 2. The number of fused-ring (bicyclic) bond motifs is 10. The molecule has 2 aromatic heterocycles. The van der Waals surface area contributed by atoms with Crippen molar-refractivity contribution in [3.05, 3.63) is 59.7 Å². The van der Waals surface area contributed by atoms with Gasteiger partial charge in [-0.05, 0) is 24.6 Å². The SMILES string of the molecule is Cc1c(C(=O)NC=O)c2c3ccccc3n3c2c2c1c1ccccc1n2C1CC(O)C(O)C3O1. The molecular weight excluding hydrogens is 434 g/mol. The smallest absolute Gasteiger partial charge is 0.258 e. The van der Waals surface area contributed by atoms with Gasteiger partial charge in [-0.1, -0.05) is 36.4 Å². The fraction of sp³-hybridized carbons (Fsp3) is 0.231. The van der Waals surface area contributed by atoms with E-state index >= 15 is 0 Å². The van der Waals surface area contributed by atoms with Crippen LogP contribution in [-0.2, 0) is 9.53 Å². The van der Waals surface area contributed by atoms with Crippen molar-refractivity contribution in [3.63, 3.8) is 0 Å². The number of nitrogens with zero attached hydrogens (tertiary/aromatic N) is 2. The largest absolute Gasteiger partial charge is 0.390 e. The van der Waals surface area contributed by atoms with E-state index < -0.39 is 30.6 Å². The molecule has 0 radical (unpaired) electrons. The van der Waals surface area contributed by atoms with E-state index in [2.05, 4.69) is 9.88 Å². The molecule has 7 rings (SSSR count). The summed E-state index contributed by atoms with van der Waals surface area (Å²) in [6.07, 6.45) is -2.83. The summed E-state index contributed by atoms with van der Waals surface area (Å²) in [7, 11) is 0. The molecule has 170 valence electrons. The van der Waals surface area contributed by atoms with Crippen LogP contribution in [0, 0.1) is 6.92 Å². The van der Waals surface area contributed by atoms with Gasteiger partial charge in [0, 0.05) is 28.0 Å². The number of aromatic nitrogens is 2. The maximum Gasteiger partial charge on any atom is 0.258 e. The van der Waals surface area contributed by atoms with E-state index in [4.69, 9.17) is 4.74 Å². The van der Waals surface area contributed by atoms with E-state index in [1.807, 2.05) is 60.0 Å². The Morgan fingerprint density at radius 3 is 2.32 bits per heavy atom. The molecule has 2 aliphatic heterocycles. The Morgan fingerprint density at radius 2 is 1.62 bits per heavy atom. The van der Waals surface area contributed by atoms with E-state index in [9.17, 15) is 19.8 Å². The number of rotatable bonds is 2. The van der Waals surface area contributed by atoms with Gasteiger partial charge in [0.15, 0.2) is 6.23 Å². The van der Waals surface area contributed by atoms with Crippen molar-refractivity contribution in [2.45, 2.75) is 38.0 Å². The highest BCUT2D eigenvalue weighted by molar-refractivity contribution is 6.30. The minimum atomic E-state index is -1.14. The van der Waals surface area contributed by atoms with Crippen LogP contribution in [0.25, 0.3) is 43.6 Å². The summed E-state index contributed by atoms with van der Waals surface area (Å²) in [6, 6.07) is 15.5. The maximum absolute atomic E-state index is 13.3. The van der Waals surface area contributed by atoms with Gasteiger partial charge in [0.25, 0.3) is 5.91 Å². The van der Waals surface area contributed by atoms with Gasteiger partial charge in [-0.15, -0.1) is 0 Å². The Balaban J connectivity index is 1.83. The minimum Gasteiger partial charge on any atom is -0.390 e. The highest BCUT2D eigenvalue weighted by Crippen LogP contribution is 2.50. The molecule has 3 aromatic carbocycles. The van der Waals surface area contributed by atoms with Crippen LogP contribution in [0.15, 0.2) is 48.5 Å². The summed E-state index contributed by atoms with van der Waals surface area (Å²) < 4.78 is 10.5. The van der Waals surface area contributed by atoms with Gasteiger partial charge in [-0.2, -0.15) is 0 Å². The Hall–Kier alpha value is -3.72. The molecule has 3 N–H and O–H groups in total. The molecule has 4 heterocycles. The lowest BCUT2D eigenvalue weighted by atomic mass is 9.95. The topological polar surface area (TPSA) is 106 Å². The zero-order valence-electron chi connectivity index (χ0n) is 18.2. The van der Waals surface area contributed by atoms with Crippen LogP contribution >= 0.6 is 0 Å². The number of carbonyl (C=O) groups is 2. The number of aliphatic hydroxyl groups excluding tert-OH is 2. The quantitative estimate of drug-likeness (QED) is 0.355. The van der Waals surface area contributed by atoms with E-state index in [0.29, 0.717) is 17.4 Å². The summed E-state index contributed by atoms with van der Waals surface area (Å²) in [4.78, 5) is 24.5. The van der Waals surface area contributed by atoms with Crippen molar-refractivity contribution in [2.24, 2.45) is 0 Å². The lowest BCUT2D eigenvalue weighted by Crippen LogP contribution is -2.43. The normalized spacial score (nSPS) is 23.7. The van der Waals surface area contributed by atoms with Gasteiger partial charge in [0.1, 0.15) is 12.3 Å². The summed E-state index contributed by atoms with van der Waals surface area (Å²) in [5.74, 6) is -0.483. The highest BCUT2D eigenvalue weighted by Gasteiger charge is 2.44. The first kappa shape index (κ1) is 19.7. The van der Waals surface area contributed by atoms with Crippen molar-refractivity contribution in [2.75, 3.05) is 0 Å². The van der Waals surface area contributed by atoms with Gasteiger partial charge in [0.05, 0.1) is 33.7 Å². The van der Waals surface area contributed by atoms with Crippen LogP contribution in [0.2, 0.25) is 0 Å². The number of aliphatic hydroxyl groups is 2. The number of hydrogen-bond acceptors (Lipinski definition) is 5. The van der Waals surface area contributed by atoms with Crippen LogP contribution in [0.5, 0.6) is 0 Å². The lowest BCUT2D eigenvalue weighted by molar-refractivity contribution is -0.213. The Kier molecular flexibility index (Phi) is 3.87. The number of imide groups is 1. The zero-order valence-corrected chi connectivity index (χ0v) is 18.2. The molecule has 34 heavy (non-hydrogen) atoms. The maximum atomic E-state index is 13.3. The first-order valence-electron chi connectivity index (χ1n) is 11.3. The molecule has 2 bridgehead atoms. The molecule has 8 heteroatoms. The molecule has 1 saturated heterocycles. The molecule has 2 aliphatic rings. The fourth-order valence-electron chi connectivity index (χ4n) is 6.12. The number of carbonyl (C=O) groups excluding carboxylic acids is 2. The average Bonchev–Trinajstić information content (AvgIpc) is 3.31. The van der Waals surface area contributed by atoms with Crippen LogP contribution in [-0.4, -0.2) is 43.9 Å². The number of nitrogens with one attached hydrogen (secondary N) is 1. The Labute approximate surface area is 192 Å². The molecule has 2 amide bonds. The first-order chi connectivity index (χ1) is 16.5. The van der Waals surface area contributed by atoms with Gasteiger partial charge < -0.3 is 24.1 Å². The Bertz CT molecular complexity index is 1700. The Morgan fingerprint density at radius 1 is 1.00 bits per heavy atom. The summed E-state index contributed by atoms with van der Waals surface area (Å²) in [6.45, 7) is 1.90. The second-order valence-electron chi connectivity index (χ2n) is 9.09. The molecule has 0 aliphatic carbocycles. The number of ether oxygens (including phenoxy) is 1. The van der Waals surface area contributed by atoms with Gasteiger partial charge >= 0.3 is 0 Å². The van der Waals surface area contributed by atoms with E-state index in [1.54, 1.807) is 0 Å². The van der Waals surface area contributed by atoms with Crippen molar-refractivity contribution >= 4 is 55.9 Å². The molecule has 1 fully saturated rings. The summed E-state index contributed by atoms with van der Waals surface area (Å²) in [5, 5.41) is 27.5. The van der Waals surface area contributed by atoms with E-state index in [1.165, 1.54) is 0 Å². The van der Waals surface area contributed by atoms with E-state index in [-0.39, 0.29) is 6.42 Å². The van der Waals surface area contributed by atoms with Gasteiger partial charge in [-0.3, -0.25) is 14.9 Å². The van der Waals surface area contributed by atoms with Crippen molar-refractivity contribution in [1.82, 2.24) is 14.5 Å². The van der Waals surface area contributed by atoms with Crippen LogP contribution in [0.1, 0.15) is 34.8 Å². The zero-order chi connectivity index (χ0) is 23.3. The van der Waals surface area contributed by atoms with Crippen molar-refractivity contribution < 1.29 is 24.5 Å². The molecule has 4 unspecified atom stereocenters. The predicted molar refractivity (Wildman–Crippen MR) is 127 cm³/mol. The second kappa shape index (κ2) is 6.66. The summed E-state index contributed by atoms with van der Waals surface area (Å²) >= 11 is 0. The number of aryl methyl sites for hydroxylation is 1. The third-order valence-corrected chi connectivity index (χ3v) is 7.43. The molecule has 0 spiro atoms. The molecule has 0 saturated carbocycles. The molecule has 8 nitrogen and oxygen atoms in total. The number of hydrogen-bond donors (Lipinski definition) is 3. The standard InChI is InChI=1S/C26H21N3O5/c1-12-19-13-6-2-4-8-15(13)28-18-10-17(31)24(32)26(34-18)29-16-9-5-3-7-14(16)21(23(29)22(19)28)20(12)25(33)27-11-30/h2-9,11,17-18,24,26,31-32H,10H2,1H3,(H,27,30,33). The van der Waals surface area contributed by atoms with Crippen molar-refractivity contribution in [3.8, 4) is 0 Å². The third kappa shape index (κ3) is 2.22. The van der Waals surface area contributed by atoms with Crippen LogP contribution in [0.3, 0.4) is 0 Å². The fourth-order valence-corrected chi connectivity index (χ4v) is 6.12. The lowest BCUT2D eigenvalue weighted by Gasteiger charge is -2.37. The molecule has 5 aromatic rings. The van der Waals surface area contributed by atoms with Gasteiger partial charge in [0.2, 0.25) is 6.41 Å². The van der Waals surface area contributed by atoms with Gasteiger partial charge in [-0.25, -0.2) is 0 Å². The van der Waals surface area contributed by atoms with Crippen molar-refractivity contribution in [1.29, 1.82) is 0 Å². The molecular formula is C26H21N3O5. The monoisotopic (exact) mass is 455 g/mol.